The van der Waals surface area contributed by atoms with E-state index in [1.807, 2.05) is 0 Å². The van der Waals surface area contributed by atoms with Crippen molar-refractivity contribution in [1.29, 1.82) is 5.26 Å². The Balaban J connectivity index is 3.19. The third kappa shape index (κ3) is 4.98. The average Bonchev–Trinajstić information content (AvgIpc) is 1.85. The number of hydrogen-bond acceptors (Lipinski definition) is 3. The molecule has 50 valence electrons. The molecule has 3 nitrogen and oxygen atoms in total. The minimum Gasteiger partial charge on any atom is -0.396 e. The van der Waals surface area contributed by atoms with E-state index in [1.165, 1.54) is 0 Å². The van der Waals surface area contributed by atoms with Crippen molar-refractivity contribution >= 4 is 5.78 Å². The molecule has 0 bridgehead atoms. The first-order valence-corrected chi connectivity index (χ1v) is 2.80. The first-order chi connectivity index (χ1) is 4.31. The second-order valence-corrected chi connectivity index (χ2v) is 1.70. The van der Waals surface area contributed by atoms with E-state index in [-0.39, 0.29) is 18.8 Å². The van der Waals surface area contributed by atoms with Crippen LogP contribution in [-0.4, -0.2) is 17.5 Å². The van der Waals surface area contributed by atoms with E-state index in [0.717, 1.165) is 0 Å². The Kier molecular flexibility index (Phi) is 4.75. The Morgan fingerprint density at radius 2 is 2.33 bits per heavy atom. The van der Waals surface area contributed by atoms with Gasteiger partial charge in [-0.3, -0.25) is 4.79 Å². The second kappa shape index (κ2) is 5.26. The van der Waals surface area contributed by atoms with Gasteiger partial charge in [-0.2, -0.15) is 5.26 Å². The van der Waals surface area contributed by atoms with E-state index in [0.29, 0.717) is 12.8 Å². The van der Waals surface area contributed by atoms with Gasteiger partial charge in [0.1, 0.15) is 5.78 Å². The summed E-state index contributed by atoms with van der Waals surface area (Å²) in [5.41, 5.74) is 0. The van der Waals surface area contributed by atoms with Crippen LogP contribution in [0.4, 0.5) is 0 Å². The van der Waals surface area contributed by atoms with Crippen molar-refractivity contribution in [3.05, 3.63) is 0 Å². The van der Waals surface area contributed by atoms with Gasteiger partial charge in [-0.05, 0) is 6.42 Å². The zero-order chi connectivity index (χ0) is 7.11. The van der Waals surface area contributed by atoms with Gasteiger partial charge in [-0.25, -0.2) is 0 Å². The molecule has 0 heterocycles. The quantitative estimate of drug-likeness (QED) is 0.588. The molecule has 1 N–H and O–H groups in total. The number of nitrogens with zero attached hydrogens (tertiary/aromatic N) is 1. The summed E-state index contributed by atoms with van der Waals surface area (Å²) in [5, 5.41) is 16.3. The highest BCUT2D eigenvalue weighted by atomic mass is 16.3. The molecule has 0 amide bonds. The highest BCUT2D eigenvalue weighted by Crippen LogP contribution is 1.91. The highest BCUT2D eigenvalue weighted by Gasteiger charge is 1.97. The molecule has 0 rings (SSSR count). The summed E-state index contributed by atoms with van der Waals surface area (Å²) in [7, 11) is 0. The van der Waals surface area contributed by atoms with E-state index in [2.05, 4.69) is 0 Å². The number of aliphatic hydroxyl groups is 1. The predicted molar refractivity (Wildman–Crippen MR) is 31.6 cm³/mol. The van der Waals surface area contributed by atoms with E-state index in [1.54, 1.807) is 6.07 Å². The Bertz CT molecular complexity index is 126. The predicted octanol–water partition coefficient (Wildman–Crippen LogP) is 0.242. The van der Waals surface area contributed by atoms with Gasteiger partial charge >= 0.3 is 0 Å². The summed E-state index contributed by atoms with van der Waals surface area (Å²) < 4.78 is 0. The number of aliphatic hydroxyl groups excluding tert-OH is 1. The maximum absolute atomic E-state index is 10.5. The molecular weight excluding hydrogens is 118 g/mol. The minimum atomic E-state index is -0.0912. The maximum Gasteiger partial charge on any atom is 0.147 e. The third-order valence-corrected chi connectivity index (χ3v) is 0.890. The van der Waals surface area contributed by atoms with Crippen LogP contribution in [0.5, 0.6) is 0 Å². The molecule has 0 saturated heterocycles. The number of rotatable bonds is 4. The summed E-state index contributed by atoms with van der Waals surface area (Å²) in [6, 6.07) is 1.75. The summed E-state index contributed by atoms with van der Waals surface area (Å²) in [4.78, 5) is 10.5. The van der Waals surface area contributed by atoms with Crippen LogP contribution >= 0.6 is 0 Å². The Morgan fingerprint density at radius 3 is 2.78 bits per heavy atom. The van der Waals surface area contributed by atoms with Crippen molar-refractivity contribution in [2.75, 3.05) is 6.61 Å². The molecule has 9 heavy (non-hydrogen) atoms. The summed E-state index contributed by atoms with van der Waals surface area (Å²) in [5.74, 6) is -0.0912. The van der Waals surface area contributed by atoms with Crippen LogP contribution < -0.4 is 0 Å². The fourth-order valence-corrected chi connectivity index (χ4v) is 0.453. The van der Waals surface area contributed by atoms with Gasteiger partial charge in [0.25, 0.3) is 0 Å². The molecule has 0 aliphatic carbocycles. The van der Waals surface area contributed by atoms with Crippen molar-refractivity contribution in [1.82, 2.24) is 0 Å². The van der Waals surface area contributed by atoms with Gasteiger partial charge in [0.15, 0.2) is 0 Å². The Labute approximate surface area is 53.9 Å². The van der Waals surface area contributed by atoms with E-state index in [4.69, 9.17) is 10.4 Å². The number of carbonyl (C=O) groups is 1. The van der Waals surface area contributed by atoms with Gasteiger partial charge in [-0.1, -0.05) is 0 Å². The molecule has 0 spiro atoms. The topological polar surface area (TPSA) is 61.1 Å². The molecule has 3 heteroatoms. The molecule has 0 aromatic heterocycles. The van der Waals surface area contributed by atoms with Crippen LogP contribution in [0.1, 0.15) is 19.3 Å². The minimum absolute atomic E-state index is 0.0250. The largest absolute Gasteiger partial charge is 0.396 e. The van der Waals surface area contributed by atoms with Gasteiger partial charge in [0.05, 0.1) is 12.5 Å². The molecule has 0 aromatic carbocycles. The Morgan fingerprint density at radius 1 is 1.67 bits per heavy atom. The van der Waals surface area contributed by atoms with Gasteiger partial charge in [0.2, 0.25) is 0 Å². The van der Waals surface area contributed by atoms with Crippen molar-refractivity contribution < 1.29 is 9.90 Å². The molecule has 0 radical (unpaired) electrons. The highest BCUT2D eigenvalue weighted by molar-refractivity contribution is 5.80. The summed E-state index contributed by atoms with van der Waals surface area (Å²) >= 11 is 0. The summed E-state index contributed by atoms with van der Waals surface area (Å²) in [6.45, 7) is 0.0250. The van der Waals surface area contributed by atoms with E-state index >= 15 is 0 Å². The zero-order valence-corrected chi connectivity index (χ0v) is 5.13. The second-order valence-electron chi connectivity index (χ2n) is 1.70. The average molecular weight is 127 g/mol. The first kappa shape index (κ1) is 8.12. The van der Waals surface area contributed by atoms with Crippen molar-refractivity contribution in [2.24, 2.45) is 0 Å². The van der Waals surface area contributed by atoms with E-state index in [9.17, 15) is 4.79 Å². The molecule has 0 atom stereocenters. The van der Waals surface area contributed by atoms with Crippen LogP contribution in [0.25, 0.3) is 0 Å². The van der Waals surface area contributed by atoms with Crippen LogP contribution in [0, 0.1) is 11.3 Å². The number of ketones is 1. The van der Waals surface area contributed by atoms with Crippen LogP contribution in [0.15, 0.2) is 0 Å². The van der Waals surface area contributed by atoms with Crippen molar-refractivity contribution in [2.45, 2.75) is 19.3 Å². The molecular formula is C6H9NO2. The van der Waals surface area contributed by atoms with Gasteiger partial charge in [-0.15, -0.1) is 0 Å². The van der Waals surface area contributed by atoms with Crippen LogP contribution in [0.3, 0.4) is 0 Å². The lowest BCUT2D eigenvalue weighted by molar-refractivity contribution is -0.118. The number of hydrogen-bond donors (Lipinski definition) is 1. The standard InChI is InChI=1S/C6H9NO2/c7-4-3-6(9)2-1-5-8/h8H,1-3,5H2. The molecule has 0 saturated carbocycles. The van der Waals surface area contributed by atoms with Gasteiger partial charge < -0.3 is 5.11 Å². The van der Waals surface area contributed by atoms with Crippen molar-refractivity contribution in [3.63, 3.8) is 0 Å². The van der Waals surface area contributed by atoms with Crippen LogP contribution in [-0.2, 0) is 4.79 Å². The normalized spacial score (nSPS) is 8.44. The number of nitriles is 1. The monoisotopic (exact) mass is 127 g/mol. The molecule has 0 aliphatic rings. The lowest BCUT2D eigenvalue weighted by Crippen LogP contribution is -1.96. The first-order valence-electron chi connectivity index (χ1n) is 2.80. The SMILES string of the molecule is N#CCC(=O)CCCO. The third-order valence-electron chi connectivity index (χ3n) is 0.890. The smallest absolute Gasteiger partial charge is 0.147 e. The Hall–Kier alpha value is -0.880. The lowest BCUT2D eigenvalue weighted by Gasteiger charge is -1.89. The van der Waals surface area contributed by atoms with E-state index < -0.39 is 0 Å². The number of Topliss-reactive ketones (excluding diaryl/α,β-unsaturated/α-hetero) is 1. The lowest BCUT2D eigenvalue weighted by atomic mass is 10.2. The van der Waals surface area contributed by atoms with Crippen molar-refractivity contribution in [3.8, 4) is 6.07 Å². The summed E-state index contributed by atoms with van der Waals surface area (Å²) in [6.07, 6.45) is 0.768. The van der Waals surface area contributed by atoms with Crippen LogP contribution in [0.2, 0.25) is 0 Å². The van der Waals surface area contributed by atoms with Gasteiger partial charge in [0, 0.05) is 13.0 Å². The molecule has 0 fully saturated rings. The molecule has 0 aliphatic heterocycles. The number of carbonyl (C=O) groups excluding carboxylic acids is 1. The fourth-order valence-electron chi connectivity index (χ4n) is 0.453. The molecule has 0 unspecified atom stereocenters. The fraction of sp³-hybridized carbons (Fsp3) is 0.667. The molecule has 0 aromatic rings. The zero-order valence-electron chi connectivity index (χ0n) is 5.13. The maximum atomic E-state index is 10.5.